The summed E-state index contributed by atoms with van der Waals surface area (Å²) in [6.45, 7) is 3.62. The molecule has 2 amide bonds. The summed E-state index contributed by atoms with van der Waals surface area (Å²) < 4.78 is 43.2. The predicted octanol–water partition coefficient (Wildman–Crippen LogP) is 7.74. The summed E-state index contributed by atoms with van der Waals surface area (Å²) in [6, 6.07) is 17.4. The first kappa shape index (κ1) is 26.1. The molecule has 1 aliphatic rings. The van der Waals surface area contributed by atoms with Gasteiger partial charge in [0.1, 0.15) is 11.3 Å². The third-order valence-electron chi connectivity index (χ3n) is 6.59. The van der Waals surface area contributed by atoms with Crippen molar-refractivity contribution >= 4 is 40.6 Å². The summed E-state index contributed by atoms with van der Waals surface area (Å²) in [5.41, 5.74) is -2.52. The van der Waals surface area contributed by atoms with Crippen LogP contribution >= 0.6 is 23.2 Å². The quantitative estimate of drug-likeness (QED) is 0.349. The Morgan fingerprint density at radius 3 is 1.83 bits per heavy atom. The lowest BCUT2D eigenvalue weighted by Gasteiger charge is -2.46. The van der Waals surface area contributed by atoms with Crippen LogP contribution in [0.1, 0.15) is 32.3 Å². The average Bonchev–Trinajstić information content (AvgIpc) is 3.03. The molecule has 1 heterocycles. The van der Waals surface area contributed by atoms with E-state index in [1.54, 1.807) is 48.5 Å². The number of aliphatic hydroxyl groups is 1. The van der Waals surface area contributed by atoms with Crippen LogP contribution in [0.2, 0.25) is 10.0 Å². The molecule has 1 aliphatic heterocycles. The SMILES string of the molecule is CCC1(CC)N(c2ccc(Cl)cc2)C(=O)N(c2ccc(Cl)cc2)C1(O)c1cccc(OC(F)(F)F)c1. The second kappa shape index (κ2) is 9.50. The summed E-state index contributed by atoms with van der Waals surface area (Å²) >= 11 is 12.1. The minimum absolute atomic E-state index is 0.0627. The highest BCUT2D eigenvalue weighted by Gasteiger charge is 2.67. The molecule has 190 valence electrons. The summed E-state index contributed by atoms with van der Waals surface area (Å²) in [4.78, 5) is 16.8. The Kier molecular flexibility index (Phi) is 6.90. The molecule has 1 atom stereocenters. The highest BCUT2D eigenvalue weighted by Crippen LogP contribution is 2.54. The summed E-state index contributed by atoms with van der Waals surface area (Å²) in [5.74, 6) is -0.511. The van der Waals surface area contributed by atoms with Crippen LogP contribution in [0.25, 0.3) is 0 Å². The monoisotopic (exact) mass is 538 g/mol. The fourth-order valence-electron chi connectivity index (χ4n) is 4.99. The minimum atomic E-state index is -4.93. The van der Waals surface area contributed by atoms with Crippen molar-refractivity contribution in [2.45, 2.75) is 44.3 Å². The van der Waals surface area contributed by atoms with Crippen molar-refractivity contribution < 1.29 is 27.8 Å². The lowest BCUT2D eigenvalue weighted by atomic mass is 9.76. The van der Waals surface area contributed by atoms with Crippen molar-refractivity contribution in [3.63, 3.8) is 0 Å². The molecule has 5 nitrogen and oxygen atoms in total. The zero-order valence-electron chi connectivity index (χ0n) is 19.4. The molecule has 0 aromatic heterocycles. The summed E-state index contributed by atoms with van der Waals surface area (Å²) in [7, 11) is 0. The van der Waals surface area contributed by atoms with Gasteiger partial charge in [0.2, 0.25) is 0 Å². The molecule has 0 bridgehead atoms. The third-order valence-corrected chi connectivity index (χ3v) is 7.10. The van der Waals surface area contributed by atoms with Crippen LogP contribution in [-0.4, -0.2) is 23.0 Å². The van der Waals surface area contributed by atoms with Crippen LogP contribution in [0.4, 0.5) is 29.3 Å². The molecule has 3 aromatic carbocycles. The van der Waals surface area contributed by atoms with Gasteiger partial charge in [0, 0.05) is 27.0 Å². The van der Waals surface area contributed by atoms with Gasteiger partial charge in [-0.3, -0.25) is 9.80 Å². The van der Waals surface area contributed by atoms with Gasteiger partial charge in [-0.1, -0.05) is 49.2 Å². The fraction of sp³-hybridized carbons (Fsp3) is 0.269. The van der Waals surface area contributed by atoms with Gasteiger partial charge < -0.3 is 9.84 Å². The van der Waals surface area contributed by atoms with Crippen LogP contribution in [0.3, 0.4) is 0 Å². The topological polar surface area (TPSA) is 53.0 Å². The number of amides is 2. The standard InChI is InChI=1S/C26H23Cl2F3N2O3/c1-3-24(4-2)25(35,17-6-5-7-22(16-17)36-26(29,30)31)33(21-14-10-19(28)11-15-21)23(34)32(24)20-12-8-18(27)9-13-20/h5-16,35H,3-4H2,1-2H3. The molecule has 10 heteroatoms. The molecule has 3 aromatic rings. The molecule has 0 spiro atoms. The number of rotatable bonds is 6. The number of halogens is 5. The van der Waals surface area contributed by atoms with E-state index < -0.39 is 29.4 Å². The van der Waals surface area contributed by atoms with Crippen molar-refractivity contribution in [2.75, 3.05) is 9.80 Å². The molecule has 4 rings (SSSR count). The maximum Gasteiger partial charge on any atom is 0.573 e. The maximum absolute atomic E-state index is 14.1. The van der Waals surface area contributed by atoms with Gasteiger partial charge in [-0.05, 0) is 73.5 Å². The average molecular weight is 539 g/mol. The van der Waals surface area contributed by atoms with E-state index in [1.165, 1.54) is 21.9 Å². The number of carbonyl (C=O) groups is 1. The number of ether oxygens (including phenoxy) is 1. The molecule has 1 fully saturated rings. The Bertz CT molecular complexity index is 1250. The fourth-order valence-corrected chi connectivity index (χ4v) is 5.24. The van der Waals surface area contributed by atoms with E-state index in [0.717, 1.165) is 12.1 Å². The van der Waals surface area contributed by atoms with Crippen molar-refractivity contribution in [1.29, 1.82) is 0 Å². The first-order chi connectivity index (χ1) is 17.0. The molecule has 0 aliphatic carbocycles. The molecule has 1 saturated heterocycles. The van der Waals surface area contributed by atoms with Gasteiger partial charge >= 0.3 is 12.4 Å². The molecular formula is C26H23Cl2F3N2O3. The first-order valence-corrected chi connectivity index (χ1v) is 12.0. The van der Waals surface area contributed by atoms with Crippen molar-refractivity contribution in [2.24, 2.45) is 0 Å². The van der Waals surface area contributed by atoms with Gasteiger partial charge in [0.15, 0.2) is 5.72 Å². The van der Waals surface area contributed by atoms with Crippen LogP contribution < -0.4 is 14.5 Å². The van der Waals surface area contributed by atoms with Gasteiger partial charge in [-0.25, -0.2) is 4.79 Å². The molecule has 1 unspecified atom stereocenters. The molecule has 0 saturated carbocycles. The summed E-state index contributed by atoms with van der Waals surface area (Å²) in [5, 5.41) is 13.5. The first-order valence-electron chi connectivity index (χ1n) is 11.2. The molecule has 0 radical (unpaired) electrons. The van der Waals surface area contributed by atoms with E-state index in [9.17, 15) is 23.1 Å². The van der Waals surface area contributed by atoms with E-state index in [0.29, 0.717) is 21.4 Å². The Labute approximate surface area is 216 Å². The number of nitrogens with zero attached hydrogens (tertiary/aromatic N) is 2. The van der Waals surface area contributed by atoms with E-state index in [4.69, 9.17) is 23.2 Å². The second-order valence-electron chi connectivity index (χ2n) is 8.39. The van der Waals surface area contributed by atoms with E-state index >= 15 is 0 Å². The summed E-state index contributed by atoms with van der Waals surface area (Å²) in [6.07, 6.45) is -4.39. The van der Waals surface area contributed by atoms with E-state index in [-0.39, 0.29) is 18.4 Å². The lowest BCUT2D eigenvalue weighted by molar-refractivity contribution is -0.274. The molecular weight excluding hydrogens is 516 g/mol. The van der Waals surface area contributed by atoms with E-state index in [2.05, 4.69) is 4.74 Å². The highest BCUT2D eigenvalue weighted by molar-refractivity contribution is 6.31. The Hall–Kier alpha value is -2.94. The number of urea groups is 1. The number of anilines is 2. The van der Waals surface area contributed by atoms with Crippen molar-refractivity contribution in [3.8, 4) is 5.75 Å². The molecule has 1 N–H and O–H groups in total. The van der Waals surface area contributed by atoms with Crippen LogP contribution in [0.15, 0.2) is 72.8 Å². The van der Waals surface area contributed by atoms with E-state index in [1.807, 2.05) is 13.8 Å². The van der Waals surface area contributed by atoms with Gasteiger partial charge in [0.25, 0.3) is 0 Å². The smallest absolute Gasteiger partial charge is 0.406 e. The third kappa shape index (κ3) is 4.27. The van der Waals surface area contributed by atoms with Crippen molar-refractivity contribution in [1.82, 2.24) is 0 Å². The zero-order valence-corrected chi connectivity index (χ0v) is 20.9. The number of hydrogen-bond acceptors (Lipinski definition) is 3. The zero-order chi connectivity index (χ0) is 26.3. The number of hydrogen-bond donors (Lipinski definition) is 1. The van der Waals surface area contributed by atoms with Gasteiger partial charge in [0.05, 0.1) is 0 Å². The minimum Gasteiger partial charge on any atom is -0.406 e. The Morgan fingerprint density at radius 2 is 1.36 bits per heavy atom. The number of alkyl halides is 3. The lowest BCUT2D eigenvalue weighted by Crippen LogP contribution is -2.59. The largest absolute Gasteiger partial charge is 0.573 e. The second-order valence-corrected chi connectivity index (χ2v) is 9.27. The Morgan fingerprint density at radius 1 is 0.861 bits per heavy atom. The molecule has 36 heavy (non-hydrogen) atoms. The predicted molar refractivity (Wildman–Crippen MR) is 134 cm³/mol. The Balaban J connectivity index is 2.00. The number of benzene rings is 3. The normalized spacial score (nSPS) is 19.6. The highest BCUT2D eigenvalue weighted by atomic mass is 35.5. The van der Waals surface area contributed by atoms with Gasteiger partial charge in [-0.2, -0.15) is 0 Å². The van der Waals surface area contributed by atoms with Crippen LogP contribution in [0.5, 0.6) is 5.75 Å². The van der Waals surface area contributed by atoms with Crippen molar-refractivity contribution in [3.05, 3.63) is 88.4 Å². The van der Waals surface area contributed by atoms with Crippen LogP contribution in [0, 0.1) is 0 Å². The number of carbonyl (C=O) groups excluding carboxylic acids is 1. The maximum atomic E-state index is 14.1. The van der Waals surface area contributed by atoms with Crippen LogP contribution in [-0.2, 0) is 5.72 Å². The van der Waals surface area contributed by atoms with Gasteiger partial charge in [-0.15, -0.1) is 13.2 Å².